The van der Waals surface area contributed by atoms with E-state index in [4.69, 9.17) is 10.5 Å². The van der Waals surface area contributed by atoms with Gasteiger partial charge in [-0.05, 0) is 17.7 Å². The zero-order valence-corrected chi connectivity index (χ0v) is 10.2. The van der Waals surface area contributed by atoms with Crippen LogP contribution in [0.5, 0.6) is 0 Å². The lowest BCUT2D eigenvalue weighted by Crippen LogP contribution is -2.27. The van der Waals surface area contributed by atoms with Crippen molar-refractivity contribution in [2.24, 2.45) is 0 Å². The molecule has 0 radical (unpaired) electrons. The summed E-state index contributed by atoms with van der Waals surface area (Å²) in [6.07, 6.45) is 1.82. The van der Waals surface area contributed by atoms with E-state index in [2.05, 4.69) is 11.5 Å². The standard InChI is InChI=1S/C13H19FN2O/c1-3-6-16(7-8-17-2)10-11-4-5-13(15)12(14)9-11/h3-5,9H,1,6-8,10,15H2,2H3. The lowest BCUT2D eigenvalue weighted by Gasteiger charge is -2.20. The second-order valence-corrected chi connectivity index (χ2v) is 3.87. The molecular formula is C13H19FN2O. The van der Waals surface area contributed by atoms with Gasteiger partial charge in [-0.25, -0.2) is 4.39 Å². The van der Waals surface area contributed by atoms with Gasteiger partial charge in [-0.3, -0.25) is 4.90 Å². The number of ether oxygens (including phenoxy) is 1. The van der Waals surface area contributed by atoms with Crippen LogP contribution in [0.3, 0.4) is 0 Å². The Labute approximate surface area is 102 Å². The number of nitrogens with two attached hydrogens (primary N) is 1. The second kappa shape index (κ2) is 7.04. The molecule has 1 aromatic carbocycles. The zero-order chi connectivity index (χ0) is 12.7. The average Bonchev–Trinajstić information content (AvgIpc) is 2.31. The van der Waals surface area contributed by atoms with Crippen LogP contribution in [0.25, 0.3) is 0 Å². The molecule has 0 atom stereocenters. The highest BCUT2D eigenvalue weighted by molar-refractivity contribution is 5.41. The quantitative estimate of drug-likeness (QED) is 0.583. The summed E-state index contributed by atoms with van der Waals surface area (Å²) in [5, 5.41) is 0. The van der Waals surface area contributed by atoms with Crippen LogP contribution in [0, 0.1) is 5.82 Å². The van der Waals surface area contributed by atoms with E-state index in [1.807, 2.05) is 12.1 Å². The molecule has 0 aromatic heterocycles. The Balaban J connectivity index is 2.64. The van der Waals surface area contributed by atoms with Gasteiger partial charge in [0.2, 0.25) is 0 Å². The van der Waals surface area contributed by atoms with Crippen molar-refractivity contribution in [3.05, 3.63) is 42.2 Å². The SMILES string of the molecule is C=CCN(CCOC)Cc1ccc(N)c(F)c1. The molecule has 94 valence electrons. The van der Waals surface area contributed by atoms with Gasteiger partial charge in [-0.2, -0.15) is 0 Å². The fourth-order valence-electron chi connectivity index (χ4n) is 1.57. The van der Waals surface area contributed by atoms with Crippen LogP contribution >= 0.6 is 0 Å². The number of benzene rings is 1. The van der Waals surface area contributed by atoms with Crippen molar-refractivity contribution in [3.63, 3.8) is 0 Å². The molecule has 0 fully saturated rings. The predicted octanol–water partition coefficient (Wildman–Crippen LogP) is 2.04. The molecule has 0 aliphatic heterocycles. The molecular weight excluding hydrogens is 219 g/mol. The van der Waals surface area contributed by atoms with Crippen molar-refractivity contribution in [1.82, 2.24) is 4.90 Å². The third-order valence-electron chi connectivity index (χ3n) is 2.47. The van der Waals surface area contributed by atoms with E-state index in [1.165, 1.54) is 6.07 Å². The van der Waals surface area contributed by atoms with E-state index in [-0.39, 0.29) is 11.5 Å². The highest BCUT2D eigenvalue weighted by Gasteiger charge is 2.06. The highest BCUT2D eigenvalue weighted by atomic mass is 19.1. The zero-order valence-electron chi connectivity index (χ0n) is 10.2. The van der Waals surface area contributed by atoms with Crippen molar-refractivity contribution < 1.29 is 9.13 Å². The van der Waals surface area contributed by atoms with Gasteiger partial charge in [0.25, 0.3) is 0 Å². The van der Waals surface area contributed by atoms with Gasteiger partial charge < -0.3 is 10.5 Å². The Morgan fingerprint density at radius 2 is 2.29 bits per heavy atom. The normalized spacial score (nSPS) is 10.8. The Morgan fingerprint density at radius 1 is 1.53 bits per heavy atom. The van der Waals surface area contributed by atoms with Gasteiger partial charge in [0.05, 0.1) is 12.3 Å². The lowest BCUT2D eigenvalue weighted by molar-refractivity contribution is 0.151. The Kier molecular flexibility index (Phi) is 5.66. The number of hydrogen-bond acceptors (Lipinski definition) is 3. The monoisotopic (exact) mass is 238 g/mol. The summed E-state index contributed by atoms with van der Waals surface area (Å²) >= 11 is 0. The molecule has 0 spiro atoms. The Morgan fingerprint density at radius 3 is 2.88 bits per heavy atom. The molecule has 0 heterocycles. The minimum atomic E-state index is -0.368. The molecule has 0 saturated heterocycles. The largest absolute Gasteiger partial charge is 0.396 e. The smallest absolute Gasteiger partial charge is 0.146 e. The first kappa shape index (κ1) is 13.7. The summed E-state index contributed by atoms with van der Waals surface area (Å²) in [5.41, 5.74) is 6.51. The van der Waals surface area contributed by atoms with Gasteiger partial charge in [0.1, 0.15) is 5.82 Å². The van der Waals surface area contributed by atoms with Crippen LogP contribution in [0.2, 0.25) is 0 Å². The second-order valence-electron chi connectivity index (χ2n) is 3.87. The van der Waals surface area contributed by atoms with Crippen LogP contribution in [0.15, 0.2) is 30.9 Å². The summed E-state index contributed by atoms with van der Waals surface area (Å²) in [5.74, 6) is -0.368. The van der Waals surface area contributed by atoms with Crippen LogP contribution in [0.1, 0.15) is 5.56 Å². The number of hydrogen-bond donors (Lipinski definition) is 1. The van der Waals surface area contributed by atoms with Gasteiger partial charge >= 0.3 is 0 Å². The fourth-order valence-corrected chi connectivity index (χ4v) is 1.57. The highest BCUT2D eigenvalue weighted by Crippen LogP contribution is 2.13. The van der Waals surface area contributed by atoms with Crippen LogP contribution in [-0.2, 0) is 11.3 Å². The summed E-state index contributed by atoms with van der Waals surface area (Å²) in [6.45, 7) is 6.54. The number of anilines is 1. The molecule has 0 aliphatic rings. The molecule has 0 unspecified atom stereocenters. The first-order valence-corrected chi connectivity index (χ1v) is 5.53. The van der Waals surface area contributed by atoms with E-state index in [0.717, 1.165) is 18.7 Å². The van der Waals surface area contributed by atoms with Crippen LogP contribution in [-0.4, -0.2) is 31.7 Å². The van der Waals surface area contributed by atoms with Gasteiger partial charge in [0, 0.05) is 26.7 Å². The molecule has 0 aliphatic carbocycles. The molecule has 0 amide bonds. The van der Waals surface area contributed by atoms with Crippen molar-refractivity contribution >= 4 is 5.69 Å². The number of halogens is 1. The first-order chi connectivity index (χ1) is 8.17. The molecule has 2 N–H and O–H groups in total. The molecule has 4 heteroatoms. The molecule has 1 aromatic rings. The number of nitrogen functional groups attached to an aromatic ring is 1. The number of methoxy groups -OCH3 is 1. The minimum Gasteiger partial charge on any atom is -0.396 e. The van der Waals surface area contributed by atoms with Crippen molar-refractivity contribution in [2.75, 3.05) is 32.5 Å². The van der Waals surface area contributed by atoms with Crippen LogP contribution in [0.4, 0.5) is 10.1 Å². The van der Waals surface area contributed by atoms with Crippen molar-refractivity contribution in [2.45, 2.75) is 6.54 Å². The van der Waals surface area contributed by atoms with Crippen molar-refractivity contribution in [1.29, 1.82) is 0 Å². The topological polar surface area (TPSA) is 38.5 Å². The van der Waals surface area contributed by atoms with Crippen LogP contribution < -0.4 is 5.73 Å². The van der Waals surface area contributed by atoms with E-state index >= 15 is 0 Å². The van der Waals surface area contributed by atoms with E-state index in [0.29, 0.717) is 13.2 Å². The summed E-state index contributed by atoms with van der Waals surface area (Å²) in [6, 6.07) is 4.90. The third kappa shape index (κ3) is 4.54. The minimum absolute atomic E-state index is 0.181. The molecule has 0 bridgehead atoms. The van der Waals surface area contributed by atoms with E-state index in [9.17, 15) is 4.39 Å². The molecule has 17 heavy (non-hydrogen) atoms. The Bertz CT molecular complexity index is 368. The maximum Gasteiger partial charge on any atom is 0.146 e. The Hall–Kier alpha value is -1.39. The lowest BCUT2D eigenvalue weighted by atomic mass is 10.2. The van der Waals surface area contributed by atoms with Crippen molar-refractivity contribution in [3.8, 4) is 0 Å². The van der Waals surface area contributed by atoms with Gasteiger partial charge in [-0.1, -0.05) is 12.1 Å². The maximum absolute atomic E-state index is 13.3. The molecule has 1 rings (SSSR count). The fraction of sp³-hybridized carbons (Fsp3) is 0.385. The van der Waals surface area contributed by atoms with Gasteiger partial charge in [-0.15, -0.1) is 6.58 Å². The average molecular weight is 238 g/mol. The number of rotatable bonds is 7. The molecule has 0 saturated carbocycles. The van der Waals surface area contributed by atoms with E-state index < -0.39 is 0 Å². The number of nitrogens with zero attached hydrogens (tertiary/aromatic N) is 1. The molecule has 3 nitrogen and oxygen atoms in total. The summed E-state index contributed by atoms with van der Waals surface area (Å²) < 4.78 is 18.3. The predicted molar refractivity (Wildman–Crippen MR) is 68.2 cm³/mol. The van der Waals surface area contributed by atoms with Gasteiger partial charge in [0.15, 0.2) is 0 Å². The maximum atomic E-state index is 13.3. The summed E-state index contributed by atoms with van der Waals surface area (Å²) in [4.78, 5) is 2.13. The summed E-state index contributed by atoms with van der Waals surface area (Å²) in [7, 11) is 1.66. The van der Waals surface area contributed by atoms with E-state index in [1.54, 1.807) is 13.2 Å². The first-order valence-electron chi connectivity index (χ1n) is 5.53. The third-order valence-corrected chi connectivity index (χ3v) is 2.47.